The molecule has 0 fully saturated rings. The van der Waals surface area contributed by atoms with E-state index in [1.807, 2.05) is 12.1 Å². The van der Waals surface area contributed by atoms with Crippen molar-refractivity contribution in [2.75, 3.05) is 0 Å². The Morgan fingerprint density at radius 3 is 1.88 bits per heavy atom. The lowest BCUT2D eigenvalue weighted by Gasteiger charge is -2.11. The molecule has 0 saturated carbocycles. The van der Waals surface area contributed by atoms with Gasteiger partial charge in [-0.15, -0.1) is 0 Å². The second-order valence-electron chi connectivity index (χ2n) is 4.20. The summed E-state index contributed by atoms with van der Waals surface area (Å²) in [6.45, 7) is 5.70. The van der Waals surface area contributed by atoms with Gasteiger partial charge in [0.05, 0.1) is 0 Å². The molecule has 0 saturated heterocycles. The number of phenols is 1. The van der Waals surface area contributed by atoms with E-state index >= 15 is 0 Å². The Hall–Kier alpha value is -1.31. The fraction of sp³-hybridized carbons (Fsp3) is 0.500. The van der Waals surface area contributed by atoms with Gasteiger partial charge in [-0.2, -0.15) is 0 Å². The number of phenolic OH excluding ortho intramolecular Hbond substituents is 1. The molecule has 88 valence electrons. The summed E-state index contributed by atoms with van der Waals surface area (Å²) < 4.78 is 0. The minimum absolute atomic E-state index is 0.0645. The number of hydrogen-bond donors (Lipinski definition) is 1. The van der Waals surface area contributed by atoms with E-state index in [2.05, 4.69) is 13.8 Å². The van der Waals surface area contributed by atoms with Crippen molar-refractivity contribution in [1.29, 1.82) is 0 Å². The largest absolute Gasteiger partial charge is 0.507 e. The lowest BCUT2D eigenvalue weighted by molar-refractivity contribution is 0.101. The van der Waals surface area contributed by atoms with Crippen LogP contribution in [0.4, 0.5) is 0 Å². The minimum atomic E-state index is 0.0645. The van der Waals surface area contributed by atoms with Gasteiger partial charge in [-0.1, -0.05) is 26.7 Å². The predicted octanol–water partition coefficient (Wildman–Crippen LogP) is 3.50. The average molecular weight is 220 g/mol. The SMILES string of the molecule is CCCc1cc(C(C)=O)cc(CCC)c1O. The Bertz CT molecular complexity index is 353. The van der Waals surface area contributed by atoms with Crippen molar-refractivity contribution in [3.05, 3.63) is 28.8 Å². The minimum Gasteiger partial charge on any atom is -0.507 e. The fourth-order valence-corrected chi connectivity index (χ4v) is 1.88. The summed E-state index contributed by atoms with van der Waals surface area (Å²) in [5, 5.41) is 10.0. The summed E-state index contributed by atoms with van der Waals surface area (Å²) in [5.41, 5.74) is 2.52. The standard InChI is InChI=1S/C14H20O2/c1-4-6-11-8-13(10(3)15)9-12(7-5-2)14(11)16/h8-9,16H,4-7H2,1-3H3. The lowest BCUT2D eigenvalue weighted by Crippen LogP contribution is -1.99. The monoisotopic (exact) mass is 220 g/mol. The maximum atomic E-state index is 11.4. The van der Waals surface area contributed by atoms with Gasteiger partial charge in [0.2, 0.25) is 0 Å². The molecular formula is C14H20O2. The molecule has 0 amide bonds. The molecule has 0 radical (unpaired) electrons. The highest BCUT2D eigenvalue weighted by atomic mass is 16.3. The number of aromatic hydroxyl groups is 1. The van der Waals surface area contributed by atoms with Crippen LogP contribution in [0.15, 0.2) is 12.1 Å². The number of carbonyl (C=O) groups is 1. The number of benzene rings is 1. The van der Waals surface area contributed by atoms with Gasteiger partial charge >= 0.3 is 0 Å². The van der Waals surface area contributed by atoms with E-state index in [1.54, 1.807) is 6.92 Å². The van der Waals surface area contributed by atoms with Gasteiger partial charge in [0.1, 0.15) is 5.75 Å². The normalized spacial score (nSPS) is 10.4. The van der Waals surface area contributed by atoms with E-state index in [0.717, 1.165) is 36.8 Å². The average Bonchev–Trinajstić information content (AvgIpc) is 2.24. The van der Waals surface area contributed by atoms with Crippen molar-refractivity contribution in [2.24, 2.45) is 0 Å². The van der Waals surface area contributed by atoms with E-state index < -0.39 is 0 Å². The van der Waals surface area contributed by atoms with Gasteiger partial charge < -0.3 is 5.11 Å². The number of rotatable bonds is 5. The van der Waals surface area contributed by atoms with Crippen LogP contribution in [-0.2, 0) is 12.8 Å². The number of aryl methyl sites for hydroxylation is 2. The molecule has 0 atom stereocenters. The summed E-state index contributed by atoms with van der Waals surface area (Å²) in [6.07, 6.45) is 3.59. The third kappa shape index (κ3) is 2.84. The van der Waals surface area contributed by atoms with Crippen LogP contribution in [0.2, 0.25) is 0 Å². The van der Waals surface area contributed by atoms with Crippen LogP contribution in [0.3, 0.4) is 0 Å². The fourth-order valence-electron chi connectivity index (χ4n) is 1.88. The highest BCUT2D eigenvalue weighted by Gasteiger charge is 2.11. The molecule has 16 heavy (non-hydrogen) atoms. The molecule has 0 heterocycles. The third-order valence-corrected chi connectivity index (χ3v) is 2.71. The van der Waals surface area contributed by atoms with E-state index in [1.165, 1.54) is 0 Å². The van der Waals surface area contributed by atoms with Gasteiger partial charge in [-0.3, -0.25) is 4.79 Å². The van der Waals surface area contributed by atoms with Crippen LogP contribution in [0.1, 0.15) is 55.1 Å². The van der Waals surface area contributed by atoms with Gasteiger partial charge in [0.15, 0.2) is 5.78 Å². The lowest BCUT2D eigenvalue weighted by atomic mass is 9.97. The summed E-state index contributed by atoms with van der Waals surface area (Å²) in [4.78, 5) is 11.4. The highest BCUT2D eigenvalue weighted by Crippen LogP contribution is 2.27. The quantitative estimate of drug-likeness (QED) is 0.771. The van der Waals surface area contributed by atoms with Crippen molar-refractivity contribution < 1.29 is 9.90 Å². The molecule has 2 heteroatoms. The summed E-state index contributed by atoms with van der Waals surface area (Å²) in [6, 6.07) is 3.64. The molecule has 1 rings (SSSR count). The first-order valence-corrected chi connectivity index (χ1v) is 5.95. The van der Waals surface area contributed by atoms with Crippen LogP contribution in [-0.4, -0.2) is 10.9 Å². The smallest absolute Gasteiger partial charge is 0.159 e. The summed E-state index contributed by atoms with van der Waals surface area (Å²) in [5.74, 6) is 0.448. The first-order chi connectivity index (χ1) is 7.60. The Morgan fingerprint density at radius 2 is 1.56 bits per heavy atom. The molecule has 0 aliphatic heterocycles. The van der Waals surface area contributed by atoms with E-state index in [-0.39, 0.29) is 5.78 Å². The molecule has 0 spiro atoms. The molecule has 0 bridgehead atoms. The second-order valence-corrected chi connectivity index (χ2v) is 4.20. The van der Waals surface area contributed by atoms with Crippen LogP contribution >= 0.6 is 0 Å². The van der Waals surface area contributed by atoms with Crippen molar-refractivity contribution in [3.8, 4) is 5.75 Å². The molecule has 0 aromatic heterocycles. The number of ketones is 1. The summed E-state index contributed by atoms with van der Waals surface area (Å²) in [7, 11) is 0. The molecule has 0 aliphatic rings. The molecule has 1 aromatic rings. The Kier molecular flexibility index (Phi) is 4.53. The van der Waals surface area contributed by atoms with Gasteiger partial charge in [-0.05, 0) is 43.0 Å². The van der Waals surface area contributed by atoms with E-state index in [0.29, 0.717) is 11.3 Å². The second kappa shape index (κ2) is 5.69. The zero-order valence-electron chi connectivity index (χ0n) is 10.3. The van der Waals surface area contributed by atoms with Gasteiger partial charge in [0.25, 0.3) is 0 Å². The van der Waals surface area contributed by atoms with Crippen LogP contribution in [0.5, 0.6) is 5.75 Å². The molecular weight excluding hydrogens is 200 g/mol. The molecule has 0 unspecified atom stereocenters. The number of Topliss-reactive ketones (excluding diaryl/α,β-unsaturated/α-hetero) is 1. The maximum absolute atomic E-state index is 11.4. The van der Waals surface area contributed by atoms with E-state index in [9.17, 15) is 9.90 Å². The van der Waals surface area contributed by atoms with Gasteiger partial charge in [-0.25, -0.2) is 0 Å². The third-order valence-electron chi connectivity index (χ3n) is 2.71. The van der Waals surface area contributed by atoms with Crippen LogP contribution in [0, 0.1) is 0 Å². The van der Waals surface area contributed by atoms with Gasteiger partial charge in [0, 0.05) is 5.56 Å². The molecule has 0 aliphatic carbocycles. The topological polar surface area (TPSA) is 37.3 Å². The van der Waals surface area contributed by atoms with Crippen molar-refractivity contribution in [1.82, 2.24) is 0 Å². The Morgan fingerprint density at radius 1 is 1.12 bits per heavy atom. The zero-order chi connectivity index (χ0) is 12.1. The van der Waals surface area contributed by atoms with Crippen molar-refractivity contribution in [3.63, 3.8) is 0 Å². The number of hydrogen-bond acceptors (Lipinski definition) is 2. The molecule has 1 aromatic carbocycles. The first-order valence-electron chi connectivity index (χ1n) is 5.95. The Labute approximate surface area is 97.3 Å². The van der Waals surface area contributed by atoms with Crippen LogP contribution < -0.4 is 0 Å². The zero-order valence-corrected chi connectivity index (χ0v) is 10.3. The van der Waals surface area contributed by atoms with Crippen LogP contribution in [0.25, 0.3) is 0 Å². The van der Waals surface area contributed by atoms with E-state index in [4.69, 9.17) is 0 Å². The highest BCUT2D eigenvalue weighted by molar-refractivity contribution is 5.94. The molecule has 2 nitrogen and oxygen atoms in total. The first kappa shape index (κ1) is 12.8. The summed E-state index contributed by atoms with van der Waals surface area (Å²) >= 11 is 0. The van der Waals surface area contributed by atoms with Crippen molar-refractivity contribution >= 4 is 5.78 Å². The van der Waals surface area contributed by atoms with Crippen molar-refractivity contribution in [2.45, 2.75) is 46.5 Å². The molecule has 1 N–H and O–H groups in total. The Balaban J connectivity index is 3.21. The predicted molar refractivity (Wildman–Crippen MR) is 66.1 cm³/mol. The maximum Gasteiger partial charge on any atom is 0.159 e. The number of carbonyl (C=O) groups excluding carboxylic acids is 1.